The first-order chi connectivity index (χ1) is 14.2. The maximum atomic E-state index is 13.9. The van der Waals surface area contributed by atoms with Gasteiger partial charge in [-0.05, 0) is 31.4 Å². The number of rotatable bonds is 3. The molecule has 0 radical (unpaired) electrons. The summed E-state index contributed by atoms with van der Waals surface area (Å²) >= 11 is 0. The lowest BCUT2D eigenvalue weighted by atomic mass is 9.97. The molecular weight excluding hydrogens is 399 g/mol. The van der Waals surface area contributed by atoms with Crippen LogP contribution < -0.4 is 5.73 Å². The van der Waals surface area contributed by atoms with Crippen LogP contribution in [0.2, 0.25) is 0 Å². The first-order valence-corrected chi connectivity index (χ1v) is 9.56. The zero-order valence-corrected chi connectivity index (χ0v) is 16.7. The molecule has 30 heavy (non-hydrogen) atoms. The van der Waals surface area contributed by atoms with Gasteiger partial charge in [0.25, 0.3) is 5.92 Å². The van der Waals surface area contributed by atoms with Gasteiger partial charge in [-0.15, -0.1) is 5.10 Å². The fraction of sp³-hybridized carbons (Fsp3) is 0.450. The van der Waals surface area contributed by atoms with Crippen molar-refractivity contribution in [1.82, 2.24) is 19.6 Å². The molecule has 3 N–H and O–H groups in total. The summed E-state index contributed by atoms with van der Waals surface area (Å²) in [6.45, 7) is 3.66. The van der Waals surface area contributed by atoms with Gasteiger partial charge in [0.05, 0.1) is 30.3 Å². The number of ether oxygens (including phenoxy) is 1. The molecule has 0 bridgehead atoms. The monoisotopic (exact) mass is 423 g/mol. The third-order valence-corrected chi connectivity index (χ3v) is 4.93. The lowest BCUT2D eigenvalue weighted by Gasteiger charge is -2.19. The minimum atomic E-state index is -2.85. The van der Waals surface area contributed by atoms with E-state index in [-0.39, 0.29) is 17.6 Å². The summed E-state index contributed by atoms with van der Waals surface area (Å²) in [5.74, 6) is -4.34. The number of nitrogens with zero attached hydrogens (tertiary/aromatic N) is 4. The Labute approximate surface area is 171 Å². The smallest absolute Gasteiger partial charge is 0.251 e. The third kappa shape index (κ3) is 5.06. The van der Waals surface area contributed by atoms with E-state index < -0.39 is 17.7 Å². The predicted octanol–water partition coefficient (Wildman–Crippen LogP) is 3.43. The summed E-state index contributed by atoms with van der Waals surface area (Å²) in [6, 6.07) is 4.35. The summed E-state index contributed by atoms with van der Waals surface area (Å²) in [6.07, 6.45) is 4.38. The summed E-state index contributed by atoms with van der Waals surface area (Å²) in [7, 11) is 0. The van der Waals surface area contributed by atoms with Gasteiger partial charge in [-0.2, -0.15) is 0 Å². The largest absolute Gasteiger partial charge is 0.391 e. The first kappa shape index (κ1) is 22.0. The second-order valence-electron chi connectivity index (χ2n) is 7.32. The van der Waals surface area contributed by atoms with E-state index in [1.165, 1.54) is 29.9 Å². The Bertz CT molecular complexity index is 983. The van der Waals surface area contributed by atoms with E-state index in [1.807, 2.05) is 0 Å². The zero-order chi connectivity index (χ0) is 21.9. The molecule has 3 aromatic heterocycles. The van der Waals surface area contributed by atoms with E-state index in [9.17, 15) is 13.2 Å². The predicted molar refractivity (Wildman–Crippen MR) is 106 cm³/mol. The van der Waals surface area contributed by atoms with Crippen molar-refractivity contribution >= 4 is 11.5 Å². The molecule has 2 unspecified atom stereocenters. The van der Waals surface area contributed by atoms with Crippen LogP contribution in [-0.2, 0) is 4.74 Å². The van der Waals surface area contributed by atoms with E-state index in [4.69, 9.17) is 15.6 Å². The number of halogens is 3. The highest BCUT2D eigenvalue weighted by molar-refractivity contribution is 5.64. The molecule has 1 aliphatic rings. The third-order valence-electron chi connectivity index (χ3n) is 4.93. The van der Waals surface area contributed by atoms with E-state index >= 15 is 0 Å². The van der Waals surface area contributed by atoms with Crippen molar-refractivity contribution in [1.29, 1.82) is 0 Å². The van der Waals surface area contributed by atoms with Crippen molar-refractivity contribution in [2.24, 2.45) is 0 Å². The summed E-state index contributed by atoms with van der Waals surface area (Å²) in [5, 5.41) is 12.7. The van der Waals surface area contributed by atoms with Crippen LogP contribution in [0.25, 0.3) is 16.9 Å². The number of hydrogen-bond acceptors (Lipinski definition) is 6. The number of aromatic nitrogens is 4. The number of alkyl halides is 2. The van der Waals surface area contributed by atoms with Gasteiger partial charge in [-0.1, -0.05) is 13.0 Å². The fourth-order valence-corrected chi connectivity index (χ4v) is 2.98. The molecule has 0 saturated carbocycles. The molecule has 0 aliphatic carbocycles. The lowest BCUT2D eigenvalue weighted by Crippen LogP contribution is -2.21. The topological polar surface area (TPSA) is 98.6 Å². The number of pyridine rings is 1. The van der Waals surface area contributed by atoms with Gasteiger partial charge in [-0.25, -0.2) is 22.7 Å². The Morgan fingerprint density at radius 2 is 2.07 bits per heavy atom. The zero-order valence-electron chi connectivity index (χ0n) is 16.7. The lowest BCUT2D eigenvalue weighted by molar-refractivity contribution is -0.00536. The van der Waals surface area contributed by atoms with Gasteiger partial charge in [0.2, 0.25) is 5.95 Å². The Kier molecular flexibility index (Phi) is 6.57. The molecule has 1 fully saturated rings. The van der Waals surface area contributed by atoms with E-state index in [1.54, 1.807) is 12.1 Å². The van der Waals surface area contributed by atoms with Gasteiger partial charge < -0.3 is 15.6 Å². The van der Waals surface area contributed by atoms with Gasteiger partial charge in [0.1, 0.15) is 5.52 Å². The number of nitrogens with two attached hydrogens (primary N) is 1. The molecule has 3 aromatic rings. The standard InChI is InChI=1S/C15H14F3N5.C5H10O2/c1-8(15(2,17)18)9-3-4-11(20-6-9)12-5-10(16)13-7-21-14(19)22-23(12)13;6-5-2-1-3-7-4-5/h3-8H,1-2H3,(H2,19,22);5-6H,1-4H2. The molecule has 10 heteroatoms. The van der Waals surface area contributed by atoms with Crippen molar-refractivity contribution < 1.29 is 23.0 Å². The van der Waals surface area contributed by atoms with Crippen LogP contribution in [0, 0.1) is 5.82 Å². The van der Waals surface area contributed by atoms with Crippen molar-refractivity contribution in [2.45, 2.75) is 44.6 Å². The summed E-state index contributed by atoms with van der Waals surface area (Å²) < 4.78 is 46.9. The molecule has 2 atom stereocenters. The molecule has 0 amide bonds. The Balaban J connectivity index is 0.000000310. The van der Waals surface area contributed by atoms with Gasteiger partial charge in [0, 0.05) is 24.8 Å². The minimum absolute atomic E-state index is 0.00906. The van der Waals surface area contributed by atoms with Crippen LogP contribution in [0.4, 0.5) is 19.1 Å². The van der Waals surface area contributed by atoms with E-state index in [2.05, 4.69) is 15.1 Å². The van der Waals surface area contributed by atoms with E-state index in [0.717, 1.165) is 26.4 Å². The molecule has 1 aliphatic heterocycles. The molecule has 7 nitrogen and oxygen atoms in total. The number of fused-ring (bicyclic) bond motifs is 1. The quantitative estimate of drug-likeness (QED) is 0.670. The maximum absolute atomic E-state index is 13.9. The number of anilines is 1. The highest BCUT2D eigenvalue weighted by atomic mass is 19.3. The minimum Gasteiger partial charge on any atom is -0.391 e. The van der Waals surface area contributed by atoms with Crippen LogP contribution in [0.5, 0.6) is 0 Å². The number of hydrogen-bond donors (Lipinski definition) is 2. The Morgan fingerprint density at radius 1 is 1.30 bits per heavy atom. The first-order valence-electron chi connectivity index (χ1n) is 9.56. The number of nitrogen functional groups attached to an aromatic ring is 1. The number of aliphatic hydroxyl groups excluding tert-OH is 1. The van der Waals surface area contributed by atoms with Crippen molar-refractivity contribution in [3.8, 4) is 11.4 Å². The van der Waals surface area contributed by atoms with Crippen LogP contribution in [0.1, 0.15) is 38.2 Å². The van der Waals surface area contributed by atoms with Gasteiger partial charge >= 0.3 is 0 Å². The average molecular weight is 423 g/mol. The number of aliphatic hydroxyl groups is 1. The summed E-state index contributed by atoms with van der Waals surface area (Å²) in [4.78, 5) is 7.90. The second-order valence-corrected chi connectivity index (χ2v) is 7.32. The van der Waals surface area contributed by atoms with Crippen molar-refractivity contribution in [3.05, 3.63) is 42.0 Å². The highest BCUT2D eigenvalue weighted by Gasteiger charge is 2.31. The normalized spacial score (nSPS) is 18.0. The van der Waals surface area contributed by atoms with Crippen molar-refractivity contribution in [3.63, 3.8) is 0 Å². The molecule has 4 heterocycles. The molecule has 0 spiro atoms. The SMILES string of the molecule is CC(c1ccc(-c2cc(F)c3cnc(N)nn23)nc1)C(C)(F)F.OC1CCCOC1. The molecule has 162 valence electrons. The molecular formula is C20H24F3N5O2. The maximum Gasteiger partial charge on any atom is 0.251 e. The van der Waals surface area contributed by atoms with E-state index in [0.29, 0.717) is 23.6 Å². The Hall–Kier alpha value is -2.72. The van der Waals surface area contributed by atoms with Gasteiger partial charge in [0.15, 0.2) is 5.82 Å². The van der Waals surface area contributed by atoms with Crippen LogP contribution >= 0.6 is 0 Å². The van der Waals surface area contributed by atoms with Crippen LogP contribution in [0.15, 0.2) is 30.6 Å². The molecule has 4 rings (SSSR count). The van der Waals surface area contributed by atoms with Crippen LogP contribution in [-0.4, -0.2) is 49.9 Å². The Morgan fingerprint density at radius 3 is 2.60 bits per heavy atom. The average Bonchev–Trinajstić information content (AvgIpc) is 3.03. The summed E-state index contributed by atoms with van der Waals surface area (Å²) in [5.41, 5.74) is 6.85. The van der Waals surface area contributed by atoms with Crippen LogP contribution in [0.3, 0.4) is 0 Å². The fourth-order valence-electron chi connectivity index (χ4n) is 2.98. The van der Waals surface area contributed by atoms with Gasteiger partial charge in [-0.3, -0.25) is 4.98 Å². The van der Waals surface area contributed by atoms with Crippen molar-refractivity contribution in [2.75, 3.05) is 18.9 Å². The highest BCUT2D eigenvalue weighted by Crippen LogP contribution is 2.33. The molecule has 1 saturated heterocycles. The molecule has 0 aromatic carbocycles. The second kappa shape index (κ2) is 8.97.